The van der Waals surface area contributed by atoms with Gasteiger partial charge in [0.15, 0.2) is 12.2 Å². The van der Waals surface area contributed by atoms with Gasteiger partial charge in [-0.2, -0.15) is 0 Å². The number of carbonyl (C=O) groups excluding carboxylic acids is 2. The number of aryl methyl sites for hydroxylation is 2. The molecule has 1 aliphatic carbocycles. The number of carbonyl (C=O) groups is 2. The second-order valence-electron chi connectivity index (χ2n) is 20.3. The van der Waals surface area contributed by atoms with Crippen molar-refractivity contribution in [3.05, 3.63) is 205 Å². The Bertz CT molecular complexity index is 3030. The fourth-order valence-electron chi connectivity index (χ4n) is 11.4. The Balaban J connectivity index is 1.17. The Morgan fingerprint density at radius 1 is 0.797 bits per heavy atom. The number of fused-ring (bicyclic) bond motifs is 11. The van der Waals surface area contributed by atoms with Crippen LogP contribution in [0.15, 0.2) is 154 Å². The summed E-state index contributed by atoms with van der Waals surface area (Å²) in [7, 11) is 0. The van der Waals surface area contributed by atoms with Crippen LogP contribution in [0.5, 0.6) is 5.75 Å². The fraction of sp³-hybridized carbons (Fsp3) is 0.371. The van der Waals surface area contributed by atoms with Crippen LogP contribution in [0.1, 0.15) is 126 Å². The van der Waals surface area contributed by atoms with E-state index in [1.807, 2.05) is 55.5 Å². The van der Waals surface area contributed by atoms with Gasteiger partial charge in [-0.15, -0.1) is 0 Å². The number of ether oxygens (including phenoxy) is 4. The van der Waals surface area contributed by atoms with Gasteiger partial charge in [-0.1, -0.05) is 121 Å². The Labute approximate surface area is 431 Å². The number of aliphatic hydroxyl groups is 4. The molecule has 0 unspecified atom stereocenters. The van der Waals surface area contributed by atoms with Crippen molar-refractivity contribution in [1.29, 1.82) is 0 Å². The number of aliphatic hydroxyl groups excluding tert-OH is 4. The third-order valence-electron chi connectivity index (χ3n) is 15.4. The van der Waals surface area contributed by atoms with E-state index in [1.54, 1.807) is 19.1 Å². The van der Waals surface area contributed by atoms with Gasteiger partial charge >= 0.3 is 17.6 Å². The molecule has 4 aliphatic rings. The molecule has 12 heteroatoms. The first kappa shape index (κ1) is 52.2. The van der Waals surface area contributed by atoms with Crippen molar-refractivity contribution >= 4 is 22.9 Å². The predicted molar refractivity (Wildman–Crippen MR) is 281 cm³/mol. The molecule has 74 heavy (non-hydrogen) atoms. The van der Waals surface area contributed by atoms with Gasteiger partial charge in [0.2, 0.25) is 0 Å². The van der Waals surface area contributed by atoms with Crippen LogP contribution in [0.4, 0.5) is 0 Å². The number of hydrogen-bond donors (Lipinski definition) is 4. The molecule has 3 aliphatic heterocycles. The van der Waals surface area contributed by atoms with Crippen LogP contribution < -0.4 is 10.4 Å². The molecule has 0 amide bonds. The van der Waals surface area contributed by atoms with Crippen molar-refractivity contribution < 1.29 is 53.4 Å². The quantitative estimate of drug-likeness (QED) is 0.0252. The molecular formula is C62H66O12. The molecule has 0 spiro atoms. The predicted octanol–water partition coefficient (Wildman–Crippen LogP) is 9.77. The molecule has 386 valence electrons. The van der Waals surface area contributed by atoms with Crippen molar-refractivity contribution in [3.63, 3.8) is 0 Å². The second-order valence-corrected chi connectivity index (χ2v) is 20.3. The van der Waals surface area contributed by atoms with Gasteiger partial charge in [0.05, 0.1) is 25.4 Å². The molecule has 0 saturated carbocycles. The minimum absolute atomic E-state index is 0.00298. The minimum Gasteiger partial charge on any atom is -0.483 e. The molecule has 12 nitrogen and oxygen atoms in total. The standard InChI is InChI=1S/C62H66O12/c1-39(35-64)49-24-20-41-18-21-44(22-19-41)50-25-23-46(45-17-9-15-43(32-45)31-42-13-7-4-8-14-42)33-48(50)34-54(67)71-58-56-53(74-62(2,59(58)73-60(49)68)29-10-16-40-11-5-3-6-12-40)27-26-51-52(36-65)55(61(69)72-57(51)56)47(28-30-63)37-70-38-66/h3-9,11-15,17-19,21-23,25-27,32,46-48,50,58-59,63-66H,10,16,20,24,28-31,33-38H2,1-2H3/b49-39-/t46-,47+,48+,50-,58+,59-,62-/m0/s1. The zero-order valence-corrected chi connectivity index (χ0v) is 42.1. The van der Waals surface area contributed by atoms with Crippen LogP contribution in [0, 0.1) is 5.92 Å². The fourth-order valence-corrected chi connectivity index (χ4v) is 11.4. The first-order valence-electron chi connectivity index (χ1n) is 25.9. The van der Waals surface area contributed by atoms with E-state index in [2.05, 4.69) is 72.8 Å². The first-order valence-corrected chi connectivity index (χ1v) is 25.9. The molecule has 1 aromatic heterocycles. The van der Waals surface area contributed by atoms with Crippen LogP contribution in [0.3, 0.4) is 0 Å². The molecule has 4 heterocycles. The van der Waals surface area contributed by atoms with Crippen LogP contribution in [0.25, 0.3) is 11.0 Å². The number of hydrogen-bond acceptors (Lipinski definition) is 12. The van der Waals surface area contributed by atoms with E-state index in [0.717, 1.165) is 28.7 Å². The summed E-state index contributed by atoms with van der Waals surface area (Å²) >= 11 is 0. The lowest BCUT2D eigenvalue weighted by molar-refractivity contribution is -0.192. The highest BCUT2D eigenvalue weighted by Crippen LogP contribution is 2.50. The van der Waals surface area contributed by atoms with Gasteiger partial charge in [0, 0.05) is 47.3 Å². The molecule has 4 N–H and O–H groups in total. The highest BCUT2D eigenvalue weighted by atomic mass is 16.6. The molecule has 0 fully saturated rings. The average Bonchev–Trinajstić information content (AvgIpc) is 3.41. The molecular weight excluding hydrogens is 937 g/mol. The topological polar surface area (TPSA) is 182 Å². The lowest BCUT2D eigenvalue weighted by atomic mass is 9.72. The normalized spacial score (nSPS) is 23.0. The summed E-state index contributed by atoms with van der Waals surface area (Å²) in [6.45, 7) is 1.44. The van der Waals surface area contributed by atoms with Crippen molar-refractivity contribution in [2.75, 3.05) is 26.6 Å². The van der Waals surface area contributed by atoms with Crippen molar-refractivity contribution in [1.82, 2.24) is 0 Å². The number of allylic oxidation sites excluding steroid dienone is 2. The Morgan fingerprint density at radius 3 is 2.26 bits per heavy atom. The smallest absolute Gasteiger partial charge is 0.340 e. The average molecular weight is 1000 g/mol. The molecule has 2 bridgehead atoms. The van der Waals surface area contributed by atoms with Crippen molar-refractivity contribution in [2.24, 2.45) is 5.92 Å². The van der Waals surface area contributed by atoms with E-state index in [1.165, 1.54) is 11.1 Å². The van der Waals surface area contributed by atoms with Crippen molar-refractivity contribution in [3.8, 4) is 5.75 Å². The van der Waals surface area contributed by atoms with Crippen LogP contribution in [-0.2, 0) is 49.7 Å². The van der Waals surface area contributed by atoms with Crippen molar-refractivity contribution in [2.45, 2.75) is 114 Å². The summed E-state index contributed by atoms with van der Waals surface area (Å²) < 4.78 is 32.1. The third-order valence-corrected chi connectivity index (χ3v) is 15.4. The summed E-state index contributed by atoms with van der Waals surface area (Å²) in [6.07, 6.45) is 5.56. The zero-order chi connectivity index (χ0) is 51.8. The summed E-state index contributed by atoms with van der Waals surface area (Å²) in [5, 5.41) is 41.4. The van der Waals surface area contributed by atoms with E-state index in [4.69, 9.17) is 23.4 Å². The van der Waals surface area contributed by atoms with E-state index in [9.17, 15) is 30.0 Å². The second kappa shape index (κ2) is 23.7. The van der Waals surface area contributed by atoms with Gasteiger partial charge in [-0.25, -0.2) is 9.59 Å². The number of benzene rings is 5. The van der Waals surface area contributed by atoms with E-state index < -0.39 is 61.3 Å². The number of rotatable bonds is 15. The minimum atomic E-state index is -1.39. The van der Waals surface area contributed by atoms with Crippen LogP contribution in [-0.4, -0.2) is 70.7 Å². The van der Waals surface area contributed by atoms with E-state index in [-0.39, 0.29) is 83.8 Å². The summed E-state index contributed by atoms with van der Waals surface area (Å²) in [5.74, 6) is -2.17. The summed E-state index contributed by atoms with van der Waals surface area (Å²) in [4.78, 5) is 44.5. The van der Waals surface area contributed by atoms with E-state index in [0.29, 0.717) is 43.1 Å². The zero-order valence-electron chi connectivity index (χ0n) is 42.1. The summed E-state index contributed by atoms with van der Waals surface area (Å²) in [6, 6.07) is 40.6. The summed E-state index contributed by atoms with van der Waals surface area (Å²) in [5.41, 5.74) is 5.63. The maximum absolute atomic E-state index is 15.2. The SMILES string of the molecule is C/C(CO)=C1\CCc2ccc(cc2)[C@@H]2C=C[C@H](c3cccc(Cc4ccccc4)c3)C[C@@H]2CC(=O)O[C@@H]2c3c(ccc4c(CO)c([C@H](CCO)COCO)c(=O)oc34)O[C@@](C)(CCCc3ccccc3)[C@H]2OC1=O. The molecule has 10 rings (SSSR count). The first-order chi connectivity index (χ1) is 36.0. The Kier molecular flexibility index (Phi) is 16.7. The molecule has 5 aromatic carbocycles. The Morgan fingerprint density at radius 2 is 1.54 bits per heavy atom. The van der Waals surface area contributed by atoms with Gasteiger partial charge in [-0.05, 0) is 128 Å². The van der Waals surface area contributed by atoms with E-state index >= 15 is 4.79 Å². The lowest BCUT2D eigenvalue weighted by Gasteiger charge is -2.45. The number of esters is 2. The highest BCUT2D eigenvalue weighted by Gasteiger charge is 2.53. The Hall–Kier alpha value is -6.67. The van der Waals surface area contributed by atoms with Crippen LogP contribution in [0.2, 0.25) is 0 Å². The van der Waals surface area contributed by atoms with Gasteiger partial charge in [-0.3, -0.25) is 4.79 Å². The molecule has 0 radical (unpaired) electrons. The highest BCUT2D eigenvalue weighted by molar-refractivity contribution is 5.90. The monoisotopic (exact) mass is 1000 g/mol. The molecule has 7 atom stereocenters. The molecule has 6 aromatic rings. The van der Waals surface area contributed by atoms with Gasteiger partial charge in [0.1, 0.15) is 23.7 Å². The maximum Gasteiger partial charge on any atom is 0.340 e. The molecule has 0 saturated heterocycles. The largest absolute Gasteiger partial charge is 0.483 e. The van der Waals surface area contributed by atoms with Gasteiger partial charge in [0.25, 0.3) is 0 Å². The van der Waals surface area contributed by atoms with Gasteiger partial charge < -0.3 is 43.8 Å². The maximum atomic E-state index is 15.2. The van der Waals surface area contributed by atoms with Crippen LogP contribution >= 0.6 is 0 Å². The third kappa shape index (κ3) is 11.5. The lowest BCUT2D eigenvalue weighted by Crippen LogP contribution is -2.54.